The summed E-state index contributed by atoms with van der Waals surface area (Å²) >= 11 is 1.49. The SMILES string of the molecule is CCOCCCNC(=O)[C@H](C)Sc1nc(-c2ccccc2)nc2c(C)ccc(C)c12. The van der Waals surface area contributed by atoms with Gasteiger partial charge in [0.1, 0.15) is 5.03 Å². The van der Waals surface area contributed by atoms with Crippen molar-refractivity contribution < 1.29 is 9.53 Å². The zero-order chi connectivity index (χ0) is 21.5. The third-order valence-electron chi connectivity index (χ3n) is 4.89. The molecule has 1 aromatic heterocycles. The van der Waals surface area contributed by atoms with E-state index in [-0.39, 0.29) is 11.2 Å². The van der Waals surface area contributed by atoms with Gasteiger partial charge in [-0.3, -0.25) is 4.79 Å². The molecule has 3 aromatic rings. The summed E-state index contributed by atoms with van der Waals surface area (Å²) in [5.74, 6) is 0.693. The number of aryl methyl sites for hydroxylation is 2. The van der Waals surface area contributed by atoms with Crippen molar-refractivity contribution >= 4 is 28.6 Å². The summed E-state index contributed by atoms with van der Waals surface area (Å²) in [6, 6.07) is 14.1. The van der Waals surface area contributed by atoms with Gasteiger partial charge in [-0.1, -0.05) is 54.2 Å². The third-order valence-corrected chi connectivity index (χ3v) is 5.97. The molecule has 0 saturated carbocycles. The molecule has 1 N–H and O–H groups in total. The second kappa shape index (κ2) is 10.5. The molecule has 3 rings (SSSR count). The Morgan fingerprint density at radius 2 is 1.83 bits per heavy atom. The number of fused-ring (bicyclic) bond motifs is 1. The van der Waals surface area contributed by atoms with Gasteiger partial charge in [-0.15, -0.1) is 0 Å². The molecule has 0 spiro atoms. The van der Waals surface area contributed by atoms with Gasteiger partial charge in [0.05, 0.1) is 10.8 Å². The van der Waals surface area contributed by atoms with Gasteiger partial charge in [0.25, 0.3) is 0 Å². The highest BCUT2D eigenvalue weighted by Crippen LogP contribution is 2.34. The smallest absolute Gasteiger partial charge is 0.233 e. The predicted molar refractivity (Wildman–Crippen MR) is 124 cm³/mol. The lowest BCUT2D eigenvalue weighted by molar-refractivity contribution is -0.120. The first kappa shape index (κ1) is 22.2. The lowest BCUT2D eigenvalue weighted by Crippen LogP contribution is -2.32. The van der Waals surface area contributed by atoms with E-state index < -0.39 is 0 Å². The van der Waals surface area contributed by atoms with Crippen LogP contribution in [0.3, 0.4) is 0 Å². The highest BCUT2D eigenvalue weighted by molar-refractivity contribution is 8.00. The Labute approximate surface area is 182 Å². The molecule has 30 heavy (non-hydrogen) atoms. The van der Waals surface area contributed by atoms with Crippen LogP contribution in [-0.4, -0.2) is 40.9 Å². The van der Waals surface area contributed by atoms with E-state index in [9.17, 15) is 4.79 Å². The minimum Gasteiger partial charge on any atom is -0.382 e. The Bertz CT molecular complexity index is 1010. The molecule has 0 saturated heterocycles. The highest BCUT2D eigenvalue weighted by Gasteiger charge is 2.19. The standard InChI is InChI=1S/C24H29N3O2S/c1-5-29-15-9-14-25-23(28)18(4)30-24-20-16(2)12-13-17(3)21(20)26-22(27-24)19-10-7-6-8-11-19/h6-8,10-13,18H,5,9,14-15H2,1-4H3,(H,25,28)/t18-/m0/s1. The number of benzene rings is 2. The molecule has 1 atom stereocenters. The number of nitrogens with zero attached hydrogens (tertiary/aromatic N) is 2. The van der Waals surface area contributed by atoms with E-state index in [2.05, 4.69) is 31.3 Å². The first-order valence-electron chi connectivity index (χ1n) is 10.4. The van der Waals surface area contributed by atoms with Crippen molar-refractivity contribution in [2.75, 3.05) is 19.8 Å². The van der Waals surface area contributed by atoms with E-state index in [1.807, 2.05) is 44.2 Å². The first-order valence-corrected chi connectivity index (χ1v) is 11.2. The van der Waals surface area contributed by atoms with E-state index in [4.69, 9.17) is 14.7 Å². The van der Waals surface area contributed by atoms with Gasteiger partial charge in [0.2, 0.25) is 5.91 Å². The summed E-state index contributed by atoms with van der Waals surface area (Å²) in [4.78, 5) is 22.3. The molecule has 0 aliphatic rings. The second-order valence-electron chi connectivity index (χ2n) is 7.24. The molecular weight excluding hydrogens is 394 g/mol. The summed E-state index contributed by atoms with van der Waals surface area (Å²) in [7, 11) is 0. The molecular formula is C24H29N3O2S. The molecule has 0 aliphatic heterocycles. The van der Waals surface area contributed by atoms with E-state index in [0.717, 1.165) is 39.0 Å². The molecule has 0 unspecified atom stereocenters. The number of thioether (sulfide) groups is 1. The van der Waals surface area contributed by atoms with Gasteiger partial charge < -0.3 is 10.1 Å². The van der Waals surface area contributed by atoms with E-state index in [1.54, 1.807) is 0 Å². The van der Waals surface area contributed by atoms with Crippen LogP contribution in [0.2, 0.25) is 0 Å². The number of aromatic nitrogens is 2. The van der Waals surface area contributed by atoms with Gasteiger partial charge in [0, 0.05) is 30.7 Å². The van der Waals surface area contributed by atoms with Crippen LogP contribution in [0.15, 0.2) is 47.5 Å². The van der Waals surface area contributed by atoms with Crippen molar-refractivity contribution in [3.8, 4) is 11.4 Å². The van der Waals surface area contributed by atoms with Crippen LogP contribution in [0.4, 0.5) is 0 Å². The molecule has 5 nitrogen and oxygen atoms in total. The van der Waals surface area contributed by atoms with E-state index in [0.29, 0.717) is 25.6 Å². The van der Waals surface area contributed by atoms with Crippen LogP contribution in [0, 0.1) is 13.8 Å². The molecule has 0 fully saturated rings. The highest BCUT2D eigenvalue weighted by atomic mass is 32.2. The lowest BCUT2D eigenvalue weighted by Gasteiger charge is -2.16. The number of amides is 1. The topological polar surface area (TPSA) is 64.1 Å². The quantitative estimate of drug-likeness (QED) is 0.300. The average molecular weight is 424 g/mol. The molecule has 0 radical (unpaired) electrons. The van der Waals surface area contributed by atoms with Crippen molar-refractivity contribution in [1.29, 1.82) is 0 Å². The van der Waals surface area contributed by atoms with Crippen molar-refractivity contribution in [2.45, 2.75) is 44.4 Å². The zero-order valence-corrected chi connectivity index (χ0v) is 18.9. The predicted octanol–water partition coefficient (Wildman–Crippen LogP) is 4.94. The maximum atomic E-state index is 12.6. The minimum atomic E-state index is -0.265. The van der Waals surface area contributed by atoms with E-state index >= 15 is 0 Å². The summed E-state index contributed by atoms with van der Waals surface area (Å²) in [5.41, 5.74) is 4.12. The van der Waals surface area contributed by atoms with Crippen LogP contribution in [0.25, 0.3) is 22.3 Å². The Kier molecular flexibility index (Phi) is 7.82. The minimum absolute atomic E-state index is 0.00910. The molecule has 158 valence electrons. The maximum absolute atomic E-state index is 12.6. The number of ether oxygens (including phenoxy) is 1. The van der Waals surface area contributed by atoms with Crippen molar-refractivity contribution in [3.63, 3.8) is 0 Å². The Balaban J connectivity index is 1.88. The van der Waals surface area contributed by atoms with Gasteiger partial charge in [0.15, 0.2) is 5.82 Å². The summed E-state index contributed by atoms with van der Waals surface area (Å²) in [5, 5.41) is 4.60. The monoisotopic (exact) mass is 423 g/mol. The number of hydrogen-bond acceptors (Lipinski definition) is 5. The summed E-state index contributed by atoms with van der Waals surface area (Å²) in [6.45, 7) is 9.99. The fourth-order valence-corrected chi connectivity index (χ4v) is 4.23. The lowest BCUT2D eigenvalue weighted by atomic mass is 10.1. The number of rotatable bonds is 9. The summed E-state index contributed by atoms with van der Waals surface area (Å²) < 4.78 is 5.33. The normalized spacial score (nSPS) is 12.1. The van der Waals surface area contributed by atoms with E-state index in [1.165, 1.54) is 11.8 Å². The average Bonchev–Trinajstić information content (AvgIpc) is 2.76. The fourth-order valence-electron chi connectivity index (χ4n) is 3.19. The number of carbonyl (C=O) groups excluding carboxylic acids is 1. The summed E-state index contributed by atoms with van der Waals surface area (Å²) in [6.07, 6.45) is 0.809. The number of hydrogen-bond donors (Lipinski definition) is 1. The first-order chi connectivity index (χ1) is 14.5. The molecule has 0 bridgehead atoms. The van der Waals surface area contributed by atoms with Crippen LogP contribution < -0.4 is 5.32 Å². The fraction of sp³-hybridized carbons (Fsp3) is 0.375. The Morgan fingerprint density at radius 3 is 2.57 bits per heavy atom. The van der Waals surface area contributed by atoms with Crippen molar-refractivity contribution in [3.05, 3.63) is 53.6 Å². The Hall–Kier alpha value is -2.44. The Morgan fingerprint density at radius 1 is 1.10 bits per heavy atom. The van der Waals surface area contributed by atoms with Gasteiger partial charge in [-0.2, -0.15) is 0 Å². The number of nitrogens with one attached hydrogen (secondary N) is 1. The molecule has 1 heterocycles. The van der Waals surface area contributed by atoms with Gasteiger partial charge in [-0.05, 0) is 45.2 Å². The van der Waals surface area contributed by atoms with Crippen LogP contribution in [0.5, 0.6) is 0 Å². The van der Waals surface area contributed by atoms with Gasteiger partial charge in [-0.25, -0.2) is 9.97 Å². The molecule has 1 amide bonds. The van der Waals surface area contributed by atoms with Crippen LogP contribution in [-0.2, 0) is 9.53 Å². The molecule has 0 aliphatic carbocycles. The molecule has 6 heteroatoms. The van der Waals surface area contributed by atoms with Crippen molar-refractivity contribution in [2.24, 2.45) is 0 Å². The second-order valence-corrected chi connectivity index (χ2v) is 8.57. The largest absolute Gasteiger partial charge is 0.382 e. The number of carbonyl (C=O) groups is 1. The maximum Gasteiger partial charge on any atom is 0.233 e. The van der Waals surface area contributed by atoms with Crippen LogP contribution in [0.1, 0.15) is 31.4 Å². The molecule has 2 aromatic carbocycles. The third kappa shape index (κ3) is 5.37. The van der Waals surface area contributed by atoms with Crippen molar-refractivity contribution in [1.82, 2.24) is 15.3 Å². The van der Waals surface area contributed by atoms with Gasteiger partial charge >= 0.3 is 0 Å². The zero-order valence-electron chi connectivity index (χ0n) is 18.1. The van der Waals surface area contributed by atoms with Crippen LogP contribution >= 0.6 is 11.8 Å².